The first-order chi connectivity index (χ1) is 64.2. The van der Waals surface area contributed by atoms with Gasteiger partial charge in [0.2, 0.25) is 23.5 Å². The van der Waals surface area contributed by atoms with Gasteiger partial charge < -0.3 is 61.3 Å². The van der Waals surface area contributed by atoms with Gasteiger partial charge in [0.05, 0.1) is 22.8 Å². The van der Waals surface area contributed by atoms with Gasteiger partial charge >= 0.3 is 0 Å². The first-order valence-electron chi connectivity index (χ1n) is 42.0. The number of hydrogen-bond acceptors (Lipinski definition) is 20. The van der Waals surface area contributed by atoms with Crippen molar-refractivity contribution in [2.75, 3.05) is 0 Å². The molecule has 0 aliphatic carbocycles. The van der Waals surface area contributed by atoms with Crippen LogP contribution in [0, 0.1) is 0 Å². The maximum Gasteiger partial charge on any atom is 0.219 e. The highest BCUT2D eigenvalue weighted by Crippen LogP contribution is 2.40. The van der Waals surface area contributed by atoms with E-state index < -0.39 is 0 Å². The van der Waals surface area contributed by atoms with Crippen LogP contribution in [0.1, 0.15) is 67.5 Å². The Bertz CT molecular complexity index is 7790. The molecule has 0 saturated heterocycles. The van der Waals surface area contributed by atoms with Crippen molar-refractivity contribution in [1.82, 2.24) is 57.5 Å². The third kappa shape index (κ3) is 18.5. The third-order valence-corrected chi connectivity index (χ3v) is 22.2. The predicted molar refractivity (Wildman–Crippen MR) is 509 cm³/mol. The summed E-state index contributed by atoms with van der Waals surface area (Å²) in [6.07, 6.45) is 12.4. The fourth-order valence-corrected chi connectivity index (χ4v) is 15.4. The smallest absolute Gasteiger partial charge is 0.219 e. The molecule has 12 N–H and O–H groups in total. The SMILES string of the molecule is C=C(c1ccccc1)c1nc(-c2ccc(O)cc2)cn2c(O)c(Cc3ccc(O)cc3)nc12.Oc1ccc(Cc2nc3c(-c4cccc5ccccc45)nc(-c4ccc(O)cc4)cn3c2O)cc1.Oc1ccc(Cc2nc3c(-c4ccccc4)nc(-c4ccc(O)cc4)cn3c2O)cc1.Oc1ccc(Cc2nc3c(/C=C/c4ccccc4)nc(-c4ccc(O)cc4)cn3c2O)cc1. The molecule has 0 atom stereocenters. The van der Waals surface area contributed by atoms with Gasteiger partial charge in [0.25, 0.3) is 0 Å². The van der Waals surface area contributed by atoms with Gasteiger partial charge in [-0.2, -0.15) is 0 Å². The normalized spacial score (nSPS) is 11.2. The summed E-state index contributed by atoms with van der Waals surface area (Å²) in [7, 11) is 0. The lowest BCUT2D eigenvalue weighted by molar-refractivity contribution is 0.442. The second-order valence-electron chi connectivity index (χ2n) is 31.3. The summed E-state index contributed by atoms with van der Waals surface area (Å²) in [4.78, 5) is 38.4. The molecule has 8 aromatic heterocycles. The molecule has 0 amide bonds. The number of phenols is 8. The molecule has 0 aliphatic rings. The van der Waals surface area contributed by atoms with Gasteiger partial charge in [-0.25, -0.2) is 39.9 Å². The van der Waals surface area contributed by atoms with Gasteiger partial charge in [-0.3, -0.25) is 17.6 Å². The van der Waals surface area contributed by atoms with Gasteiger partial charge in [-0.15, -0.1) is 0 Å². The number of benzene rings is 13. The van der Waals surface area contributed by atoms with Crippen molar-refractivity contribution in [2.45, 2.75) is 25.7 Å². The minimum atomic E-state index is 0.0163. The first kappa shape index (κ1) is 84.5. The fourth-order valence-electron chi connectivity index (χ4n) is 15.4. The van der Waals surface area contributed by atoms with E-state index in [1.807, 2.05) is 140 Å². The molecule has 13 aromatic carbocycles. The Morgan fingerprint density at radius 3 is 0.985 bits per heavy atom. The van der Waals surface area contributed by atoms with Crippen molar-refractivity contribution in [1.29, 1.82) is 0 Å². The lowest BCUT2D eigenvalue weighted by Crippen LogP contribution is -2.00. The molecule has 0 saturated carbocycles. The quantitative estimate of drug-likeness (QED) is 0.0380. The summed E-state index contributed by atoms with van der Waals surface area (Å²) in [5, 5.41) is 123. The third-order valence-electron chi connectivity index (χ3n) is 22.2. The molecule has 0 aliphatic heterocycles. The molecule has 0 spiro atoms. The highest BCUT2D eigenvalue weighted by molar-refractivity contribution is 5.99. The zero-order valence-corrected chi connectivity index (χ0v) is 70.4. The second kappa shape index (κ2) is 37.1. The molecular weight excluding hydrogens is 1660 g/mol. The summed E-state index contributed by atoms with van der Waals surface area (Å²) in [6.45, 7) is 4.26. The summed E-state index contributed by atoms with van der Waals surface area (Å²) < 4.78 is 6.57. The Kier molecular flexibility index (Phi) is 23.7. The van der Waals surface area contributed by atoms with E-state index in [1.165, 1.54) is 0 Å². The molecule has 0 unspecified atom stereocenters. The highest BCUT2D eigenvalue weighted by Gasteiger charge is 2.26. The molecule has 132 heavy (non-hydrogen) atoms. The van der Waals surface area contributed by atoms with E-state index in [4.69, 9.17) is 34.9 Å². The maximum absolute atomic E-state index is 11.2. The number of aromatic nitrogens is 12. The molecule has 21 rings (SSSR count). The van der Waals surface area contributed by atoms with Crippen LogP contribution >= 0.6 is 0 Å². The molecular formula is C108H82N12O12. The largest absolute Gasteiger partial charge is 0.508 e. The molecule has 8 heterocycles. The summed E-state index contributed by atoms with van der Waals surface area (Å²) in [6, 6.07) is 97.8. The Morgan fingerprint density at radius 1 is 0.258 bits per heavy atom. The standard InChI is InChI=1S/C29H21N3O3.2C27H21N3O3.C25H19N3O3/c33-21-12-8-18(9-13-21)16-25-29(35)32-17-26(20-10-14-22(34)15-11-20)30-27(28(32)31-25)24-7-3-5-19-4-1-2-6-23(19)24;1-17(19-5-3-2-4-6-19)25-26-29-23(15-18-7-11-21(31)12-8-18)27(33)30(26)16-24(28-25)20-9-13-22(32)14-10-20;31-21-11-6-19(7-12-21)16-24-27(33)30-17-25(20-9-13-22(32)14-10-20)28-23(26(30)29-24)15-8-18-4-2-1-3-5-18;29-19-10-6-16(7-11-19)14-21-25(31)28-15-22(17-8-12-20(30)13-9-17)26-23(24(28)27-21)18-4-2-1-3-5-18/h1-15,17,33-35H,16H2;2-14,16,31-33H,1,15H2;1-15,17,31-33H,16H2;1-13,15,29-31H,14H2/b;;15-8+;. The second-order valence-corrected chi connectivity index (χ2v) is 31.3. The van der Waals surface area contributed by atoms with E-state index in [0.29, 0.717) is 122 Å². The summed E-state index contributed by atoms with van der Waals surface area (Å²) >= 11 is 0. The van der Waals surface area contributed by atoms with Crippen LogP contribution in [0.4, 0.5) is 0 Å². The van der Waals surface area contributed by atoms with Crippen molar-refractivity contribution in [3.8, 4) is 137 Å². The minimum Gasteiger partial charge on any atom is -0.508 e. The van der Waals surface area contributed by atoms with Crippen LogP contribution < -0.4 is 0 Å². The van der Waals surface area contributed by atoms with Crippen LogP contribution in [-0.2, 0) is 25.7 Å². The topological polar surface area (TPSA) is 364 Å². The van der Waals surface area contributed by atoms with Crippen molar-refractivity contribution in [2.24, 2.45) is 0 Å². The van der Waals surface area contributed by atoms with Crippen LogP contribution in [0.5, 0.6) is 69.5 Å². The van der Waals surface area contributed by atoms with Crippen molar-refractivity contribution >= 4 is 51.1 Å². The average molecular weight is 1740 g/mol. The summed E-state index contributed by atoms with van der Waals surface area (Å²) in [5.74, 6) is 1.57. The molecule has 24 heteroatoms. The number of imidazole rings is 4. The number of phenolic OH excluding ortho intramolecular Hbond substituents is 8. The monoisotopic (exact) mass is 1740 g/mol. The Balaban J connectivity index is 0.000000118. The van der Waals surface area contributed by atoms with Crippen LogP contribution in [0.2, 0.25) is 0 Å². The van der Waals surface area contributed by atoms with Crippen molar-refractivity contribution < 1.29 is 61.3 Å². The molecule has 24 nitrogen and oxygen atoms in total. The van der Waals surface area contributed by atoms with Gasteiger partial charge in [-0.05, 0) is 196 Å². The Morgan fingerprint density at radius 2 is 0.568 bits per heavy atom. The molecule has 0 fully saturated rings. The van der Waals surface area contributed by atoms with Crippen LogP contribution in [0.25, 0.3) is 119 Å². The average Bonchev–Trinajstić information content (AvgIpc) is 1.59. The van der Waals surface area contributed by atoms with Crippen LogP contribution in [-0.4, -0.2) is 119 Å². The van der Waals surface area contributed by atoms with Crippen LogP contribution in [0.15, 0.2) is 359 Å². The van der Waals surface area contributed by atoms with Crippen LogP contribution in [0.3, 0.4) is 0 Å². The van der Waals surface area contributed by atoms with Gasteiger partial charge in [-0.1, -0.05) is 195 Å². The first-order valence-corrected chi connectivity index (χ1v) is 42.0. The molecule has 646 valence electrons. The van der Waals surface area contributed by atoms with E-state index in [0.717, 1.165) is 77.5 Å². The molecule has 0 radical (unpaired) electrons. The number of nitrogens with zero attached hydrogens (tertiary/aromatic N) is 12. The Hall–Kier alpha value is -18.3. The van der Waals surface area contributed by atoms with E-state index >= 15 is 0 Å². The fraction of sp³-hybridized carbons (Fsp3) is 0.0370. The molecule has 0 bridgehead atoms. The zero-order chi connectivity index (χ0) is 91.0. The number of rotatable bonds is 18. The van der Waals surface area contributed by atoms with E-state index in [-0.39, 0.29) is 69.5 Å². The van der Waals surface area contributed by atoms with E-state index in [1.54, 1.807) is 224 Å². The molecule has 21 aromatic rings. The number of fused-ring (bicyclic) bond motifs is 5. The van der Waals surface area contributed by atoms with Gasteiger partial charge in [0, 0.05) is 89.4 Å². The van der Waals surface area contributed by atoms with E-state index in [2.05, 4.69) is 29.8 Å². The zero-order valence-electron chi connectivity index (χ0n) is 70.4. The van der Waals surface area contributed by atoms with E-state index in [9.17, 15) is 61.3 Å². The predicted octanol–water partition coefficient (Wildman–Crippen LogP) is 21.1. The summed E-state index contributed by atoms with van der Waals surface area (Å²) in [5.41, 5.74) is 20.4. The number of hydrogen-bond donors (Lipinski definition) is 12. The lowest BCUT2D eigenvalue weighted by Gasteiger charge is -2.11. The van der Waals surface area contributed by atoms with Crippen molar-refractivity contribution in [3.05, 3.63) is 426 Å². The minimum absolute atomic E-state index is 0.0163. The maximum atomic E-state index is 11.2. The lowest BCUT2D eigenvalue weighted by atomic mass is 10.0. The van der Waals surface area contributed by atoms with Gasteiger partial charge in [0.1, 0.15) is 91.5 Å². The van der Waals surface area contributed by atoms with Gasteiger partial charge in [0.15, 0.2) is 22.6 Å². The Labute approximate surface area is 754 Å². The number of aromatic hydroxyl groups is 12. The highest BCUT2D eigenvalue weighted by atomic mass is 16.3. The van der Waals surface area contributed by atoms with Crippen molar-refractivity contribution in [3.63, 3.8) is 0 Å².